The monoisotopic (exact) mass is 502 g/mol. The first kappa shape index (κ1) is 30.3. The zero-order valence-corrected chi connectivity index (χ0v) is 24.8. The van der Waals surface area contributed by atoms with Crippen LogP contribution in [0.4, 0.5) is 0 Å². The number of allylic oxidation sites excluding steroid dienone is 4. The minimum atomic E-state index is -4.69. The Morgan fingerprint density at radius 2 is 1.97 bits per heavy atom. The number of hydrogen-bond acceptors (Lipinski definition) is 5. The third kappa shape index (κ3) is 8.03. The molecule has 0 heterocycles. The van der Waals surface area contributed by atoms with Crippen LogP contribution in [0.5, 0.6) is 0 Å². The summed E-state index contributed by atoms with van der Waals surface area (Å²) >= 11 is 0. The minimum absolute atomic E-state index is 0. The normalized spacial score (nSPS) is 33.6. The Morgan fingerprint density at radius 3 is 2.62 bits per heavy atom. The van der Waals surface area contributed by atoms with Gasteiger partial charge in [-0.15, -0.1) is 0 Å². The number of rotatable bonds is 8. The average Bonchev–Trinajstić information content (AvgIpc) is 3.03. The summed E-state index contributed by atoms with van der Waals surface area (Å²) in [6.45, 7) is 12.8. The molecular weight excluding hydrogens is 459 g/mol. The Balaban J connectivity index is 0.00000408. The van der Waals surface area contributed by atoms with Gasteiger partial charge in [0, 0.05) is 6.42 Å². The molecule has 5 atom stereocenters. The predicted octanol–water partition coefficient (Wildman–Crippen LogP) is 3.22. The fourth-order valence-corrected chi connectivity index (χ4v) is 7.40. The second kappa shape index (κ2) is 12.1. The minimum Gasteiger partial charge on any atom is -0.726 e. The summed E-state index contributed by atoms with van der Waals surface area (Å²) in [6.07, 6.45) is 14.6. The summed E-state index contributed by atoms with van der Waals surface area (Å²) in [6, 6.07) is 0. The largest absolute Gasteiger partial charge is 1.00 e. The summed E-state index contributed by atoms with van der Waals surface area (Å²) in [7, 11) is -4.69. The molecule has 0 aromatic rings. The van der Waals surface area contributed by atoms with Gasteiger partial charge in [0.1, 0.15) is 0 Å². The van der Waals surface area contributed by atoms with Crippen molar-refractivity contribution in [1.29, 1.82) is 0 Å². The SMILES string of the molecule is C=C1CC[C@H](OS(=O)(=O)[O-])C/C1=C\C=C1\CCC[C@]2(C)[C@@H]([C@H](C)CCCC(C)(C)O)CC[C@@H]12.[Na+]. The molecule has 0 bridgehead atoms. The summed E-state index contributed by atoms with van der Waals surface area (Å²) in [4.78, 5) is 0. The van der Waals surface area contributed by atoms with Crippen molar-refractivity contribution in [2.45, 2.75) is 110 Å². The predicted molar refractivity (Wildman–Crippen MR) is 131 cm³/mol. The van der Waals surface area contributed by atoms with Crippen LogP contribution in [0.3, 0.4) is 0 Å². The number of hydrogen-bond donors (Lipinski definition) is 1. The summed E-state index contributed by atoms with van der Waals surface area (Å²) in [5.74, 6) is 1.96. The smallest absolute Gasteiger partial charge is 0.726 e. The van der Waals surface area contributed by atoms with E-state index in [1.165, 1.54) is 37.7 Å². The molecule has 34 heavy (non-hydrogen) atoms. The Morgan fingerprint density at radius 1 is 1.26 bits per heavy atom. The molecule has 0 unspecified atom stereocenters. The van der Waals surface area contributed by atoms with E-state index in [-0.39, 0.29) is 29.6 Å². The second-order valence-corrected chi connectivity index (χ2v) is 12.7. The molecule has 5 nitrogen and oxygen atoms in total. The van der Waals surface area contributed by atoms with Crippen LogP contribution in [0.25, 0.3) is 0 Å². The quantitative estimate of drug-likeness (QED) is 0.313. The van der Waals surface area contributed by atoms with E-state index in [0.29, 0.717) is 42.4 Å². The van der Waals surface area contributed by atoms with Gasteiger partial charge < -0.3 is 9.66 Å². The third-order valence-corrected chi connectivity index (χ3v) is 9.10. The molecule has 3 aliphatic carbocycles. The topological polar surface area (TPSA) is 86.7 Å². The van der Waals surface area contributed by atoms with Crippen molar-refractivity contribution in [2.24, 2.45) is 23.2 Å². The van der Waals surface area contributed by atoms with Crippen LogP contribution in [0, 0.1) is 23.2 Å². The number of fused-ring (bicyclic) bond motifs is 1. The van der Waals surface area contributed by atoms with Gasteiger partial charge in [-0.05, 0) is 94.0 Å². The molecule has 3 fully saturated rings. The molecule has 0 saturated heterocycles. The summed E-state index contributed by atoms with van der Waals surface area (Å²) in [5.41, 5.74) is 3.27. The molecule has 0 aromatic carbocycles. The van der Waals surface area contributed by atoms with E-state index in [0.717, 1.165) is 30.4 Å². The molecule has 1 N–H and O–H groups in total. The maximum Gasteiger partial charge on any atom is 1.00 e. The van der Waals surface area contributed by atoms with E-state index < -0.39 is 22.1 Å². The first-order valence-electron chi connectivity index (χ1n) is 12.7. The molecule has 0 radical (unpaired) electrons. The van der Waals surface area contributed by atoms with Gasteiger partial charge >= 0.3 is 29.6 Å². The van der Waals surface area contributed by atoms with Crippen molar-refractivity contribution >= 4 is 10.4 Å². The van der Waals surface area contributed by atoms with Crippen LogP contribution >= 0.6 is 0 Å². The fourth-order valence-electron chi connectivity index (χ4n) is 6.90. The van der Waals surface area contributed by atoms with E-state index in [9.17, 15) is 18.1 Å². The molecule has 0 aromatic heterocycles. The van der Waals surface area contributed by atoms with Crippen LogP contribution in [-0.2, 0) is 14.6 Å². The Hall–Kier alpha value is 0.0500. The number of aliphatic hydroxyl groups is 1. The van der Waals surface area contributed by atoms with Gasteiger partial charge in [0.15, 0.2) is 0 Å². The standard InChI is InChI=1S/C27H44O5S.Na/c1-19-10-13-23(32-33(29,30)31)18-22(19)12-11-21-9-7-17-27(5)24(14-15-25(21)27)20(2)8-6-16-26(3,4)28;/h11-12,20,23-25,28H,1,6-10,13-18H2,2-5H3,(H,29,30,31);/q;+1/p-1/b21-11-,22-12+;/t20-,23+,24-,25+,27-;/m1./s1. The van der Waals surface area contributed by atoms with Crippen molar-refractivity contribution in [2.75, 3.05) is 0 Å². The molecule has 0 amide bonds. The van der Waals surface area contributed by atoms with Crippen molar-refractivity contribution in [1.82, 2.24) is 0 Å². The molecule has 0 spiro atoms. The van der Waals surface area contributed by atoms with Crippen LogP contribution in [0.15, 0.2) is 35.5 Å². The van der Waals surface area contributed by atoms with E-state index in [1.54, 1.807) is 0 Å². The molecular formula is C27H43NaO5S. The molecule has 3 saturated carbocycles. The third-order valence-electron chi connectivity index (χ3n) is 8.60. The van der Waals surface area contributed by atoms with E-state index in [2.05, 4.69) is 32.6 Å². The van der Waals surface area contributed by atoms with Crippen LogP contribution < -0.4 is 29.6 Å². The van der Waals surface area contributed by atoms with Gasteiger partial charge in [0.25, 0.3) is 0 Å². The summed E-state index contributed by atoms with van der Waals surface area (Å²) in [5, 5.41) is 10.1. The second-order valence-electron chi connectivity index (χ2n) is 11.7. The first-order chi connectivity index (χ1) is 15.3. The molecule has 188 valence electrons. The van der Waals surface area contributed by atoms with Gasteiger partial charge in [-0.25, -0.2) is 8.42 Å². The Kier molecular flexibility index (Phi) is 10.7. The van der Waals surface area contributed by atoms with Crippen molar-refractivity contribution < 1.29 is 51.8 Å². The van der Waals surface area contributed by atoms with E-state index >= 15 is 0 Å². The van der Waals surface area contributed by atoms with Crippen molar-refractivity contribution in [3.05, 3.63) is 35.5 Å². The van der Waals surface area contributed by atoms with Crippen LogP contribution in [0.1, 0.15) is 98.3 Å². The fraction of sp³-hybridized carbons (Fsp3) is 0.778. The van der Waals surface area contributed by atoms with Gasteiger partial charge in [0.2, 0.25) is 10.4 Å². The first-order valence-corrected chi connectivity index (χ1v) is 14.1. The zero-order chi connectivity index (χ0) is 24.4. The van der Waals surface area contributed by atoms with E-state index in [1.807, 2.05) is 13.8 Å². The molecule has 3 aliphatic rings. The van der Waals surface area contributed by atoms with Crippen LogP contribution in [-0.4, -0.2) is 29.8 Å². The van der Waals surface area contributed by atoms with Crippen LogP contribution in [0.2, 0.25) is 0 Å². The summed E-state index contributed by atoms with van der Waals surface area (Å²) < 4.78 is 37.8. The van der Waals surface area contributed by atoms with E-state index in [4.69, 9.17) is 4.18 Å². The molecule has 3 rings (SSSR count). The molecule has 0 aliphatic heterocycles. The Bertz CT molecular complexity index is 885. The van der Waals surface area contributed by atoms with Gasteiger partial charge in [-0.1, -0.05) is 56.6 Å². The molecule has 7 heteroatoms. The van der Waals surface area contributed by atoms with Crippen molar-refractivity contribution in [3.63, 3.8) is 0 Å². The maximum absolute atomic E-state index is 11.0. The Labute approximate surface area is 229 Å². The van der Waals surface area contributed by atoms with Gasteiger partial charge in [0.05, 0.1) is 11.7 Å². The average molecular weight is 503 g/mol. The van der Waals surface area contributed by atoms with Gasteiger partial charge in [-0.2, -0.15) is 0 Å². The maximum atomic E-state index is 11.0. The zero-order valence-electron chi connectivity index (χ0n) is 21.9. The van der Waals surface area contributed by atoms with Crippen molar-refractivity contribution in [3.8, 4) is 0 Å². The van der Waals surface area contributed by atoms with Gasteiger partial charge in [-0.3, -0.25) is 4.18 Å².